The van der Waals surface area contributed by atoms with E-state index < -0.39 is 5.54 Å². The molecule has 7 heteroatoms. The first-order valence-electron chi connectivity index (χ1n) is 5.74. The van der Waals surface area contributed by atoms with Crippen LogP contribution in [0.2, 0.25) is 0 Å². The molecule has 1 amide bonds. The highest BCUT2D eigenvalue weighted by atomic mass is 35.5. The van der Waals surface area contributed by atoms with E-state index in [1.54, 1.807) is 17.1 Å². The Labute approximate surface area is 116 Å². The fraction of sp³-hybridized carbons (Fsp3) is 0.250. The largest absolute Gasteiger partial charge is 0.324 e. The van der Waals surface area contributed by atoms with Gasteiger partial charge in [-0.3, -0.25) is 4.79 Å². The number of carbonyl (C=O) groups is 1. The Bertz CT molecular complexity index is 562. The van der Waals surface area contributed by atoms with Gasteiger partial charge in [0.15, 0.2) is 0 Å². The number of nitrogens with zero attached hydrogens (tertiary/aromatic N) is 3. The third-order valence-electron chi connectivity index (χ3n) is 3.05. The van der Waals surface area contributed by atoms with E-state index in [1.165, 1.54) is 0 Å². The van der Waals surface area contributed by atoms with Crippen LogP contribution in [0.4, 0.5) is 5.69 Å². The molecule has 3 rings (SSSR count). The molecular weight excluding hydrogens is 266 g/mol. The maximum atomic E-state index is 11.7. The summed E-state index contributed by atoms with van der Waals surface area (Å²) in [4.78, 5) is 11.7. The van der Waals surface area contributed by atoms with Crippen LogP contribution in [-0.2, 0) is 4.79 Å². The van der Waals surface area contributed by atoms with Crippen LogP contribution >= 0.6 is 12.4 Å². The lowest BCUT2D eigenvalue weighted by Crippen LogP contribution is -2.37. The lowest BCUT2D eigenvalue weighted by molar-refractivity contribution is -0.118. The maximum absolute atomic E-state index is 11.7. The van der Waals surface area contributed by atoms with Crippen molar-refractivity contribution in [3.63, 3.8) is 0 Å². The van der Waals surface area contributed by atoms with Gasteiger partial charge in [0.25, 0.3) is 0 Å². The van der Waals surface area contributed by atoms with Crippen molar-refractivity contribution in [3.8, 4) is 5.69 Å². The molecule has 0 atom stereocenters. The molecule has 3 N–H and O–H groups in total. The summed E-state index contributed by atoms with van der Waals surface area (Å²) in [6, 6.07) is 7.36. The minimum Gasteiger partial charge on any atom is -0.324 e. The van der Waals surface area contributed by atoms with E-state index in [1.807, 2.05) is 24.3 Å². The molecule has 6 nitrogen and oxygen atoms in total. The predicted octanol–water partition coefficient (Wildman–Crippen LogP) is 1.12. The predicted molar refractivity (Wildman–Crippen MR) is 73.4 cm³/mol. The first-order chi connectivity index (χ1) is 8.67. The zero-order valence-electron chi connectivity index (χ0n) is 10.1. The summed E-state index contributed by atoms with van der Waals surface area (Å²) in [5.74, 6) is -0.115. The number of benzene rings is 1. The Hall–Kier alpha value is -1.92. The first kappa shape index (κ1) is 13.5. The molecule has 1 aromatic carbocycles. The van der Waals surface area contributed by atoms with Gasteiger partial charge >= 0.3 is 0 Å². The minimum atomic E-state index is -0.648. The summed E-state index contributed by atoms with van der Waals surface area (Å²) in [6.45, 7) is 0. The topological polar surface area (TPSA) is 85.8 Å². The summed E-state index contributed by atoms with van der Waals surface area (Å²) >= 11 is 0. The molecule has 1 fully saturated rings. The van der Waals surface area contributed by atoms with Gasteiger partial charge in [-0.15, -0.1) is 17.5 Å². The van der Waals surface area contributed by atoms with E-state index in [-0.39, 0.29) is 18.3 Å². The zero-order chi connectivity index (χ0) is 12.6. The summed E-state index contributed by atoms with van der Waals surface area (Å²) in [5.41, 5.74) is 6.79. The van der Waals surface area contributed by atoms with Crippen molar-refractivity contribution >= 4 is 24.0 Å². The Morgan fingerprint density at radius 3 is 2.53 bits per heavy atom. The van der Waals surface area contributed by atoms with Gasteiger partial charge in [0.05, 0.1) is 23.6 Å². The van der Waals surface area contributed by atoms with E-state index in [0.29, 0.717) is 0 Å². The second-order valence-corrected chi connectivity index (χ2v) is 4.50. The van der Waals surface area contributed by atoms with Gasteiger partial charge in [0, 0.05) is 5.69 Å². The summed E-state index contributed by atoms with van der Waals surface area (Å²) < 4.78 is 1.65. The summed E-state index contributed by atoms with van der Waals surface area (Å²) in [6.07, 6.45) is 4.89. The molecule has 1 saturated carbocycles. The fourth-order valence-electron chi connectivity index (χ4n) is 1.66. The van der Waals surface area contributed by atoms with Crippen LogP contribution in [0, 0.1) is 0 Å². The van der Waals surface area contributed by atoms with Crippen LogP contribution in [0.5, 0.6) is 0 Å². The van der Waals surface area contributed by atoms with E-state index in [9.17, 15) is 4.79 Å². The highest BCUT2D eigenvalue weighted by Crippen LogP contribution is 2.33. The zero-order valence-corrected chi connectivity index (χ0v) is 10.9. The quantitative estimate of drug-likeness (QED) is 0.881. The number of nitrogens with two attached hydrogens (primary N) is 1. The highest BCUT2D eigenvalue weighted by Gasteiger charge is 2.45. The molecular formula is C12H14ClN5O. The van der Waals surface area contributed by atoms with Crippen LogP contribution in [0.1, 0.15) is 12.8 Å². The monoisotopic (exact) mass is 279 g/mol. The molecule has 100 valence electrons. The number of hydrogen-bond donors (Lipinski definition) is 2. The molecule has 19 heavy (non-hydrogen) atoms. The van der Waals surface area contributed by atoms with Crippen molar-refractivity contribution in [3.05, 3.63) is 36.7 Å². The SMILES string of the molecule is Cl.NC1(C(=O)Nc2ccc(-n3ccnn3)cc2)CC1. The molecule has 2 aromatic rings. The first-order valence-corrected chi connectivity index (χ1v) is 5.74. The van der Waals surface area contributed by atoms with Crippen LogP contribution < -0.4 is 11.1 Å². The van der Waals surface area contributed by atoms with Gasteiger partial charge in [-0.05, 0) is 37.1 Å². The number of rotatable bonds is 3. The Kier molecular flexibility index (Phi) is 3.55. The fourth-order valence-corrected chi connectivity index (χ4v) is 1.66. The van der Waals surface area contributed by atoms with Gasteiger partial charge in [0.1, 0.15) is 0 Å². The molecule has 0 bridgehead atoms. The van der Waals surface area contributed by atoms with E-state index in [4.69, 9.17) is 5.73 Å². The van der Waals surface area contributed by atoms with Crippen molar-refractivity contribution in [1.82, 2.24) is 15.0 Å². The van der Waals surface area contributed by atoms with Gasteiger partial charge in [-0.25, -0.2) is 4.68 Å². The Morgan fingerprint density at radius 1 is 1.32 bits per heavy atom. The van der Waals surface area contributed by atoms with Crippen LogP contribution in [-0.4, -0.2) is 26.4 Å². The van der Waals surface area contributed by atoms with Crippen LogP contribution in [0.25, 0.3) is 5.69 Å². The lowest BCUT2D eigenvalue weighted by Gasteiger charge is -2.10. The van der Waals surface area contributed by atoms with Crippen LogP contribution in [0.15, 0.2) is 36.7 Å². The van der Waals surface area contributed by atoms with Crippen molar-refractivity contribution in [2.24, 2.45) is 5.73 Å². The normalized spacial score (nSPS) is 15.4. The van der Waals surface area contributed by atoms with Crippen LogP contribution in [0.3, 0.4) is 0 Å². The van der Waals surface area contributed by atoms with Crippen molar-refractivity contribution in [2.45, 2.75) is 18.4 Å². The van der Waals surface area contributed by atoms with Crippen molar-refractivity contribution in [1.29, 1.82) is 0 Å². The molecule has 1 aromatic heterocycles. The molecule has 1 aliphatic rings. The van der Waals surface area contributed by atoms with Gasteiger partial charge in [-0.2, -0.15) is 0 Å². The minimum absolute atomic E-state index is 0. The average molecular weight is 280 g/mol. The van der Waals surface area contributed by atoms with Gasteiger partial charge in [0.2, 0.25) is 5.91 Å². The maximum Gasteiger partial charge on any atom is 0.244 e. The number of hydrogen-bond acceptors (Lipinski definition) is 4. The lowest BCUT2D eigenvalue weighted by atomic mass is 10.2. The number of halogens is 1. The Morgan fingerprint density at radius 2 is 2.00 bits per heavy atom. The Balaban J connectivity index is 0.00000133. The molecule has 0 radical (unpaired) electrons. The third kappa shape index (κ3) is 2.74. The second-order valence-electron chi connectivity index (χ2n) is 4.50. The van der Waals surface area contributed by atoms with E-state index >= 15 is 0 Å². The molecule has 0 unspecified atom stereocenters. The summed E-state index contributed by atoms with van der Waals surface area (Å²) in [7, 11) is 0. The average Bonchev–Trinajstić information content (AvgIpc) is 2.94. The molecule has 0 spiro atoms. The van der Waals surface area contributed by atoms with Crippen molar-refractivity contribution in [2.75, 3.05) is 5.32 Å². The highest BCUT2D eigenvalue weighted by molar-refractivity contribution is 6.00. The van der Waals surface area contributed by atoms with Gasteiger partial charge < -0.3 is 11.1 Å². The molecule has 1 aliphatic carbocycles. The molecule has 0 saturated heterocycles. The number of aromatic nitrogens is 3. The standard InChI is InChI=1S/C12H13N5O.ClH/c13-12(5-6-12)11(18)15-9-1-3-10(4-2-9)17-8-7-14-16-17;/h1-4,7-8H,5-6,13H2,(H,15,18);1H. The van der Waals surface area contributed by atoms with Crippen molar-refractivity contribution < 1.29 is 4.79 Å². The van der Waals surface area contributed by atoms with E-state index in [2.05, 4.69) is 15.6 Å². The third-order valence-corrected chi connectivity index (χ3v) is 3.05. The smallest absolute Gasteiger partial charge is 0.244 e. The number of carbonyl (C=O) groups excluding carboxylic acids is 1. The number of amides is 1. The molecule has 0 aliphatic heterocycles. The van der Waals surface area contributed by atoms with E-state index in [0.717, 1.165) is 24.2 Å². The second kappa shape index (κ2) is 4.99. The van der Waals surface area contributed by atoms with Gasteiger partial charge in [-0.1, -0.05) is 5.21 Å². The number of nitrogens with one attached hydrogen (secondary N) is 1. The number of anilines is 1. The molecule has 1 heterocycles. The summed E-state index contributed by atoms with van der Waals surface area (Å²) in [5, 5.41) is 10.4.